The van der Waals surface area contributed by atoms with E-state index in [9.17, 15) is 8.42 Å². The van der Waals surface area contributed by atoms with Crippen molar-refractivity contribution in [1.82, 2.24) is 0 Å². The Hall–Kier alpha value is 0.130. The van der Waals surface area contributed by atoms with E-state index in [-0.39, 0.29) is 10.7 Å². The molecular weight excluding hydrogens is 284 g/mol. The Labute approximate surface area is 96.4 Å². The molecule has 1 aliphatic rings. The minimum atomic E-state index is -2.76. The monoisotopic (exact) mass is 294 g/mol. The first-order valence-corrected chi connectivity index (χ1v) is 8.08. The maximum atomic E-state index is 11.3. The number of halogens is 1. The number of hydrogen-bond donors (Lipinski definition) is 0. The van der Waals surface area contributed by atoms with Crippen molar-refractivity contribution in [3.8, 4) is 0 Å². The van der Waals surface area contributed by atoms with E-state index >= 15 is 0 Å². The predicted octanol–water partition coefficient (Wildman–Crippen LogP) is 2.62. The summed E-state index contributed by atoms with van der Waals surface area (Å²) in [6.07, 6.45) is 0.788. The third kappa shape index (κ3) is 2.20. The molecule has 5 heteroatoms. The second-order valence-corrected chi connectivity index (χ2v) is 7.77. The highest BCUT2D eigenvalue weighted by atomic mass is 79.9. The highest BCUT2D eigenvalue weighted by Gasteiger charge is 2.33. The van der Waals surface area contributed by atoms with Crippen molar-refractivity contribution in [1.29, 1.82) is 0 Å². The molecule has 2 atom stereocenters. The standard InChI is InChI=1S/C9H11BrO2S2/c10-9(8-2-1-4-13-8)7-3-5-14(11,12)6-7/h1-2,4,7,9H,3,5-6H2. The lowest BCUT2D eigenvalue weighted by Crippen LogP contribution is -2.09. The summed E-state index contributed by atoms with van der Waals surface area (Å²) in [5, 5.41) is 2.02. The molecule has 1 saturated heterocycles. The van der Waals surface area contributed by atoms with Crippen LogP contribution >= 0.6 is 27.3 Å². The molecular formula is C9H11BrO2S2. The number of rotatable bonds is 2. The SMILES string of the molecule is O=S1(=O)CCC(C(Br)c2cccs2)C1. The fourth-order valence-electron chi connectivity index (χ4n) is 1.74. The molecule has 2 rings (SSSR count). The summed E-state index contributed by atoms with van der Waals surface area (Å²) in [6.45, 7) is 0. The molecule has 0 saturated carbocycles. The predicted molar refractivity (Wildman–Crippen MR) is 62.7 cm³/mol. The molecule has 0 aliphatic carbocycles. The van der Waals surface area contributed by atoms with Crippen molar-refractivity contribution in [2.75, 3.05) is 11.5 Å². The fourth-order valence-corrected chi connectivity index (χ4v) is 5.54. The maximum absolute atomic E-state index is 11.3. The molecule has 0 spiro atoms. The van der Waals surface area contributed by atoms with Gasteiger partial charge in [-0.1, -0.05) is 22.0 Å². The summed E-state index contributed by atoms with van der Waals surface area (Å²) >= 11 is 5.27. The van der Waals surface area contributed by atoms with E-state index in [0.717, 1.165) is 6.42 Å². The zero-order chi connectivity index (χ0) is 10.2. The van der Waals surface area contributed by atoms with Crippen molar-refractivity contribution < 1.29 is 8.42 Å². The van der Waals surface area contributed by atoms with Crippen LogP contribution in [0, 0.1) is 5.92 Å². The first-order valence-electron chi connectivity index (χ1n) is 4.46. The van der Waals surface area contributed by atoms with E-state index in [1.165, 1.54) is 4.88 Å². The van der Waals surface area contributed by atoms with Gasteiger partial charge in [0.25, 0.3) is 0 Å². The van der Waals surface area contributed by atoms with Crippen LogP contribution in [0.4, 0.5) is 0 Å². The maximum Gasteiger partial charge on any atom is 0.150 e. The topological polar surface area (TPSA) is 34.1 Å². The van der Waals surface area contributed by atoms with E-state index in [1.807, 2.05) is 11.4 Å². The molecule has 1 fully saturated rings. The Morgan fingerprint density at radius 2 is 2.36 bits per heavy atom. The van der Waals surface area contributed by atoms with Gasteiger partial charge in [0, 0.05) is 4.88 Å². The van der Waals surface area contributed by atoms with E-state index in [2.05, 4.69) is 22.0 Å². The minimum Gasteiger partial charge on any atom is -0.229 e. The largest absolute Gasteiger partial charge is 0.229 e. The summed E-state index contributed by atoms with van der Waals surface area (Å²) in [5.41, 5.74) is 0. The van der Waals surface area contributed by atoms with Gasteiger partial charge in [-0.15, -0.1) is 11.3 Å². The molecule has 0 aromatic carbocycles. The lowest BCUT2D eigenvalue weighted by atomic mass is 10.0. The average Bonchev–Trinajstić information content (AvgIpc) is 2.72. The van der Waals surface area contributed by atoms with Crippen molar-refractivity contribution in [3.63, 3.8) is 0 Å². The molecule has 2 nitrogen and oxygen atoms in total. The van der Waals surface area contributed by atoms with Gasteiger partial charge in [0.05, 0.1) is 16.3 Å². The first kappa shape index (κ1) is 10.6. The van der Waals surface area contributed by atoms with Gasteiger partial charge < -0.3 is 0 Å². The summed E-state index contributed by atoms with van der Waals surface area (Å²) in [7, 11) is -2.76. The van der Waals surface area contributed by atoms with Gasteiger partial charge in [-0.05, 0) is 23.8 Å². The number of hydrogen-bond acceptors (Lipinski definition) is 3. The summed E-state index contributed by atoms with van der Waals surface area (Å²) < 4.78 is 22.6. The second kappa shape index (κ2) is 3.94. The quantitative estimate of drug-likeness (QED) is 0.786. The average molecular weight is 295 g/mol. The van der Waals surface area contributed by atoms with Crippen LogP contribution in [-0.2, 0) is 9.84 Å². The molecule has 0 bridgehead atoms. The molecule has 2 heterocycles. The Balaban J connectivity index is 2.11. The van der Waals surface area contributed by atoms with Crippen molar-refractivity contribution in [2.24, 2.45) is 5.92 Å². The molecule has 78 valence electrons. The first-order chi connectivity index (χ1) is 6.58. The fraction of sp³-hybridized carbons (Fsp3) is 0.556. The van der Waals surface area contributed by atoms with Crippen LogP contribution in [-0.4, -0.2) is 19.9 Å². The van der Waals surface area contributed by atoms with Crippen LogP contribution in [0.3, 0.4) is 0 Å². The highest BCUT2D eigenvalue weighted by Crippen LogP contribution is 2.39. The van der Waals surface area contributed by atoms with Crippen LogP contribution < -0.4 is 0 Å². The lowest BCUT2D eigenvalue weighted by molar-refractivity contribution is 0.583. The summed E-state index contributed by atoms with van der Waals surface area (Å²) in [6, 6.07) is 4.05. The highest BCUT2D eigenvalue weighted by molar-refractivity contribution is 9.09. The smallest absolute Gasteiger partial charge is 0.150 e. The van der Waals surface area contributed by atoms with Crippen LogP contribution in [0.25, 0.3) is 0 Å². The van der Waals surface area contributed by atoms with Gasteiger partial charge in [-0.2, -0.15) is 0 Å². The zero-order valence-electron chi connectivity index (χ0n) is 7.52. The number of thiophene rings is 1. The molecule has 0 N–H and O–H groups in total. The van der Waals surface area contributed by atoms with E-state index in [0.29, 0.717) is 11.5 Å². The van der Waals surface area contributed by atoms with E-state index in [4.69, 9.17) is 0 Å². The van der Waals surface area contributed by atoms with Gasteiger partial charge in [-0.25, -0.2) is 8.42 Å². The minimum absolute atomic E-state index is 0.208. The summed E-state index contributed by atoms with van der Waals surface area (Å²) in [4.78, 5) is 1.44. The Kier molecular flexibility index (Phi) is 3.00. The third-order valence-electron chi connectivity index (χ3n) is 2.50. The Morgan fingerprint density at radius 1 is 1.57 bits per heavy atom. The Bertz CT molecular complexity index is 396. The van der Waals surface area contributed by atoms with Crippen molar-refractivity contribution in [3.05, 3.63) is 22.4 Å². The molecule has 0 amide bonds. The summed E-state index contributed by atoms with van der Waals surface area (Å²) in [5.74, 6) is 0.935. The Morgan fingerprint density at radius 3 is 2.86 bits per heavy atom. The zero-order valence-corrected chi connectivity index (χ0v) is 10.7. The lowest BCUT2D eigenvalue weighted by Gasteiger charge is -2.13. The van der Waals surface area contributed by atoms with Gasteiger partial charge in [0.15, 0.2) is 9.84 Å². The van der Waals surface area contributed by atoms with E-state index in [1.54, 1.807) is 11.3 Å². The number of alkyl halides is 1. The van der Waals surface area contributed by atoms with Crippen molar-refractivity contribution >= 4 is 37.1 Å². The van der Waals surface area contributed by atoms with Gasteiger partial charge in [0.1, 0.15) is 0 Å². The van der Waals surface area contributed by atoms with Gasteiger partial charge >= 0.3 is 0 Å². The molecule has 14 heavy (non-hydrogen) atoms. The second-order valence-electron chi connectivity index (χ2n) is 3.58. The normalized spacial score (nSPS) is 27.6. The van der Waals surface area contributed by atoms with Gasteiger partial charge in [0.2, 0.25) is 0 Å². The van der Waals surface area contributed by atoms with Crippen molar-refractivity contribution in [2.45, 2.75) is 11.2 Å². The van der Waals surface area contributed by atoms with Crippen LogP contribution in [0.5, 0.6) is 0 Å². The number of sulfone groups is 1. The van der Waals surface area contributed by atoms with Crippen LogP contribution in [0.15, 0.2) is 17.5 Å². The molecule has 0 radical (unpaired) electrons. The van der Waals surface area contributed by atoms with Crippen LogP contribution in [0.1, 0.15) is 16.1 Å². The van der Waals surface area contributed by atoms with Gasteiger partial charge in [-0.3, -0.25) is 0 Å². The molecule has 1 aliphatic heterocycles. The third-order valence-corrected chi connectivity index (χ3v) is 6.79. The molecule has 1 aromatic rings. The van der Waals surface area contributed by atoms with E-state index < -0.39 is 9.84 Å². The van der Waals surface area contributed by atoms with Crippen LogP contribution in [0.2, 0.25) is 0 Å². The molecule has 1 aromatic heterocycles. The molecule has 2 unspecified atom stereocenters.